The molecule has 0 fully saturated rings. The van der Waals surface area contributed by atoms with Gasteiger partial charge in [-0.05, 0) is 19.4 Å². The maximum absolute atomic E-state index is 5.42. The van der Waals surface area contributed by atoms with Crippen molar-refractivity contribution < 1.29 is 14.2 Å². The van der Waals surface area contributed by atoms with E-state index in [9.17, 15) is 0 Å². The third-order valence-corrected chi connectivity index (χ3v) is 3.05. The lowest BCUT2D eigenvalue weighted by atomic mass is 10.2. The quantitative estimate of drug-likeness (QED) is 0.414. The van der Waals surface area contributed by atoms with Crippen LogP contribution >= 0.6 is 0 Å². The number of ether oxygens (including phenoxy) is 3. The molecule has 0 amide bonds. The Hall–Kier alpha value is -1.95. The highest BCUT2D eigenvalue weighted by atomic mass is 16.5. The summed E-state index contributed by atoms with van der Waals surface area (Å²) in [6.45, 7) is 4.91. The van der Waals surface area contributed by atoms with E-state index in [1.165, 1.54) is 0 Å². The van der Waals surface area contributed by atoms with E-state index in [4.69, 9.17) is 14.2 Å². The Morgan fingerprint density at radius 3 is 2.59 bits per heavy atom. The van der Waals surface area contributed by atoms with Crippen LogP contribution in [0.5, 0.6) is 11.5 Å². The number of para-hydroxylation sites is 1. The van der Waals surface area contributed by atoms with Crippen LogP contribution in [0.2, 0.25) is 0 Å². The van der Waals surface area contributed by atoms with Crippen molar-refractivity contribution in [1.29, 1.82) is 0 Å². The maximum Gasteiger partial charge on any atom is 0.191 e. The van der Waals surface area contributed by atoms with Crippen molar-refractivity contribution >= 4 is 5.96 Å². The lowest BCUT2D eigenvalue weighted by molar-refractivity contribution is 0.195. The van der Waals surface area contributed by atoms with Crippen LogP contribution in [0.25, 0.3) is 0 Å². The van der Waals surface area contributed by atoms with Crippen LogP contribution in [0.3, 0.4) is 0 Å². The third-order valence-electron chi connectivity index (χ3n) is 3.05. The van der Waals surface area contributed by atoms with Crippen molar-refractivity contribution in [3.05, 3.63) is 23.8 Å². The minimum Gasteiger partial charge on any atom is -0.493 e. The van der Waals surface area contributed by atoms with E-state index >= 15 is 0 Å². The van der Waals surface area contributed by atoms with E-state index in [1.54, 1.807) is 21.3 Å². The summed E-state index contributed by atoms with van der Waals surface area (Å²) in [4.78, 5) is 4.58. The second-order valence-corrected chi connectivity index (χ2v) is 4.62. The average molecular weight is 309 g/mol. The zero-order valence-corrected chi connectivity index (χ0v) is 13.9. The minimum absolute atomic E-state index is 0.514. The van der Waals surface area contributed by atoms with Crippen molar-refractivity contribution in [3.8, 4) is 11.5 Å². The zero-order chi connectivity index (χ0) is 16.2. The number of nitrogens with one attached hydrogen (secondary N) is 2. The van der Waals surface area contributed by atoms with Crippen molar-refractivity contribution in [2.45, 2.75) is 19.9 Å². The molecule has 6 heteroatoms. The molecular formula is C16H27N3O3. The fraction of sp³-hybridized carbons (Fsp3) is 0.562. The number of rotatable bonds is 9. The van der Waals surface area contributed by atoms with E-state index < -0.39 is 0 Å². The molecule has 0 atom stereocenters. The van der Waals surface area contributed by atoms with Crippen molar-refractivity contribution in [2.75, 3.05) is 41.0 Å². The Morgan fingerprint density at radius 1 is 1.14 bits per heavy atom. The number of nitrogens with zero attached hydrogens (tertiary/aromatic N) is 1. The van der Waals surface area contributed by atoms with Crippen LogP contribution in [0.4, 0.5) is 0 Å². The van der Waals surface area contributed by atoms with Gasteiger partial charge in [0, 0.05) is 32.4 Å². The molecule has 0 unspecified atom stereocenters. The Bertz CT molecular complexity index is 464. The molecule has 0 aliphatic rings. The number of hydrogen-bond donors (Lipinski definition) is 2. The summed E-state index contributed by atoms with van der Waals surface area (Å²) in [6.07, 6.45) is 0.934. The highest BCUT2D eigenvalue weighted by Crippen LogP contribution is 2.30. The number of benzene rings is 1. The van der Waals surface area contributed by atoms with Gasteiger partial charge in [0.15, 0.2) is 17.5 Å². The fourth-order valence-corrected chi connectivity index (χ4v) is 2.01. The van der Waals surface area contributed by atoms with Crippen molar-refractivity contribution in [2.24, 2.45) is 4.99 Å². The summed E-state index contributed by atoms with van der Waals surface area (Å²) in [5.74, 6) is 2.22. The fourth-order valence-electron chi connectivity index (χ4n) is 2.01. The van der Waals surface area contributed by atoms with Crippen molar-refractivity contribution in [3.63, 3.8) is 0 Å². The summed E-state index contributed by atoms with van der Waals surface area (Å²) in [5, 5.41) is 6.50. The molecule has 0 spiro atoms. The normalized spacial score (nSPS) is 11.2. The van der Waals surface area contributed by atoms with Gasteiger partial charge in [0.2, 0.25) is 0 Å². The van der Waals surface area contributed by atoms with E-state index in [0.717, 1.165) is 43.4 Å². The second-order valence-electron chi connectivity index (χ2n) is 4.62. The predicted octanol–water partition coefficient (Wildman–Crippen LogP) is 1.80. The molecule has 0 aliphatic heterocycles. The molecule has 0 saturated heterocycles. The number of hydrogen-bond acceptors (Lipinski definition) is 4. The van der Waals surface area contributed by atoms with Gasteiger partial charge in [0.05, 0.1) is 20.8 Å². The standard InChI is InChI=1S/C16H27N3O3/c1-5-17-16(18-10-7-11-20-2)19-12-13-8-6-9-14(21-3)15(13)22-4/h6,8-9H,5,7,10-12H2,1-4H3,(H2,17,18,19). The molecule has 0 bridgehead atoms. The predicted molar refractivity (Wildman–Crippen MR) is 88.9 cm³/mol. The van der Waals surface area contributed by atoms with Gasteiger partial charge in [-0.1, -0.05) is 12.1 Å². The van der Waals surface area contributed by atoms with Gasteiger partial charge in [-0.25, -0.2) is 4.99 Å². The molecule has 0 radical (unpaired) electrons. The summed E-state index contributed by atoms with van der Waals surface area (Å²) in [7, 11) is 4.97. The number of guanidine groups is 1. The first-order valence-corrected chi connectivity index (χ1v) is 7.47. The summed E-state index contributed by atoms with van der Waals surface area (Å²) in [5.41, 5.74) is 0.982. The molecule has 2 N–H and O–H groups in total. The van der Waals surface area contributed by atoms with Crippen molar-refractivity contribution in [1.82, 2.24) is 10.6 Å². The largest absolute Gasteiger partial charge is 0.493 e. The van der Waals surface area contributed by atoms with Gasteiger partial charge in [-0.15, -0.1) is 0 Å². The molecule has 1 aromatic carbocycles. The maximum atomic E-state index is 5.42. The zero-order valence-electron chi connectivity index (χ0n) is 13.9. The highest BCUT2D eigenvalue weighted by Gasteiger charge is 2.09. The summed E-state index contributed by atoms with van der Waals surface area (Å²) in [6, 6.07) is 5.80. The highest BCUT2D eigenvalue weighted by molar-refractivity contribution is 5.79. The van der Waals surface area contributed by atoms with Crippen LogP contribution in [0.15, 0.2) is 23.2 Å². The molecule has 0 aromatic heterocycles. The second kappa shape index (κ2) is 10.7. The topological polar surface area (TPSA) is 64.1 Å². The lowest BCUT2D eigenvalue weighted by Crippen LogP contribution is -2.38. The van der Waals surface area contributed by atoms with Crippen LogP contribution in [0.1, 0.15) is 18.9 Å². The first-order valence-electron chi connectivity index (χ1n) is 7.47. The Labute approximate surface area is 132 Å². The van der Waals surface area contributed by atoms with E-state index in [-0.39, 0.29) is 0 Å². The Balaban J connectivity index is 2.72. The van der Waals surface area contributed by atoms with E-state index in [0.29, 0.717) is 12.3 Å². The number of methoxy groups -OCH3 is 3. The average Bonchev–Trinajstić information content (AvgIpc) is 2.55. The molecule has 0 saturated carbocycles. The molecule has 0 heterocycles. The smallest absolute Gasteiger partial charge is 0.191 e. The van der Waals surface area contributed by atoms with Gasteiger partial charge in [-0.2, -0.15) is 0 Å². The molecule has 6 nitrogen and oxygen atoms in total. The minimum atomic E-state index is 0.514. The lowest BCUT2D eigenvalue weighted by Gasteiger charge is -2.13. The first-order chi connectivity index (χ1) is 10.8. The van der Waals surface area contributed by atoms with Gasteiger partial charge in [-0.3, -0.25) is 0 Å². The number of aliphatic imine (C=N–C) groups is 1. The molecule has 1 aromatic rings. The Morgan fingerprint density at radius 2 is 1.95 bits per heavy atom. The molecular weight excluding hydrogens is 282 g/mol. The third kappa shape index (κ3) is 5.81. The van der Waals surface area contributed by atoms with Crippen LogP contribution in [-0.4, -0.2) is 47.0 Å². The molecule has 1 rings (SSSR count). The van der Waals surface area contributed by atoms with Crippen LogP contribution in [-0.2, 0) is 11.3 Å². The first kappa shape index (κ1) is 18.1. The van der Waals surface area contributed by atoms with Gasteiger partial charge < -0.3 is 24.8 Å². The van der Waals surface area contributed by atoms with Gasteiger partial charge >= 0.3 is 0 Å². The SMILES string of the molecule is CCNC(=NCc1cccc(OC)c1OC)NCCCOC. The molecule has 124 valence electrons. The molecule has 0 aliphatic carbocycles. The van der Waals surface area contributed by atoms with Crippen LogP contribution < -0.4 is 20.1 Å². The summed E-state index contributed by atoms with van der Waals surface area (Å²) < 4.78 is 15.8. The Kier molecular flexibility index (Phi) is 8.83. The van der Waals surface area contributed by atoms with Gasteiger partial charge in [0.1, 0.15) is 0 Å². The van der Waals surface area contributed by atoms with E-state index in [1.807, 2.05) is 25.1 Å². The van der Waals surface area contributed by atoms with Crippen LogP contribution in [0, 0.1) is 0 Å². The van der Waals surface area contributed by atoms with Gasteiger partial charge in [0.25, 0.3) is 0 Å². The van der Waals surface area contributed by atoms with E-state index in [2.05, 4.69) is 15.6 Å². The molecule has 22 heavy (non-hydrogen) atoms. The summed E-state index contributed by atoms with van der Waals surface area (Å²) >= 11 is 0. The monoisotopic (exact) mass is 309 g/mol.